The van der Waals surface area contributed by atoms with E-state index in [1.807, 2.05) is 27.2 Å². The number of allylic oxidation sites excluding steroid dienone is 7. The third-order valence-electron chi connectivity index (χ3n) is 17.2. The van der Waals surface area contributed by atoms with Crippen molar-refractivity contribution in [3.63, 3.8) is 0 Å². The maximum Gasteiger partial charge on any atom is 0.268 e. The zero-order valence-electron chi connectivity index (χ0n) is 57.6. The Balaban J connectivity index is 3.97. The summed E-state index contributed by atoms with van der Waals surface area (Å²) in [5.41, 5.74) is 0. The molecule has 0 saturated carbocycles. The molecule has 0 aromatic rings. The van der Waals surface area contributed by atoms with Crippen LogP contribution in [0, 0.1) is 0 Å². The molecule has 0 aromatic heterocycles. The van der Waals surface area contributed by atoms with Crippen LogP contribution in [0.25, 0.3) is 0 Å². The van der Waals surface area contributed by atoms with Crippen LogP contribution in [0.1, 0.15) is 380 Å². The fraction of sp³-hybridized carbons (Fsp3) is 0.882. The summed E-state index contributed by atoms with van der Waals surface area (Å²) in [6, 6.07) is -0.911. The second-order valence-electron chi connectivity index (χ2n) is 27.0. The second-order valence-corrected chi connectivity index (χ2v) is 28.4. The summed E-state index contributed by atoms with van der Waals surface area (Å²) in [4.78, 5) is 25.6. The summed E-state index contributed by atoms with van der Waals surface area (Å²) in [6.07, 6.45) is 91.3. The number of quaternary nitrogens is 1. The van der Waals surface area contributed by atoms with E-state index in [-0.39, 0.29) is 12.5 Å². The molecular weight excluding hydrogens is 1070 g/mol. The Morgan fingerprint density at radius 3 is 0.953 bits per heavy atom. The van der Waals surface area contributed by atoms with Crippen molar-refractivity contribution in [3.8, 4) is 0 Å². The topological polar surface area (TPSA) is 108 Å². The first kappa shape index (κ1) is 83.5. The fourth-order valence-corrected chi connectivity index (χ4v) is 12.1. The molecule has 0 bridgehead atoms. The van der Waals surface area contributed by atoms with Gasteiger partial charge in [-0.05, 0) is 70.6 Å². The summed E-state index contributed by atoms with van der Waals surface area (Å²) in [7, 11) is 1.25. The third kappa shape index (κ3) is 69.8. The minimum atomic E-state index is -4.62. The minimum absolute atomic E-state index is 0.00773. The standard InChI is InChI=1S/C76H147N2O6P/c1-6-8-10-12-14-16-18-20-22-24-26-28-30-32-33-34-35-36-37-38-39-40-41-42-43-44-45-46-48-50-52-54-56-58-60-62-64-66-68-70-76(80)77-74(73-84-85(81,82)83-72-71-78(3,4)5)75(79)69-67-65-63-61-59-57-55-53-51-49-47-31-29-27-25-23-21-19-17-15-13-11-9-7-2/h24,26,51,53,59,61,67,69,74-75,79H,6-23,25,27-50,52,54-58,60,62-66,68,70-73H2,1-5H3,(H-,77,80,81,82)/b26-24-,53-51+,61-59+,69-67+. The summed E-state index contributed by atoms with van der Waals surface area (Å²) in [5.74, 6) is -0.204. The van der Waals surface area contributed by atoms with E-state index in [9.17, 15) is 19.4 Å². The summed E-state index contributed by atoms with van der Waals surface area (Å²) in [6.45, 7) is 4.67. The number of carbonyl (C=O) groups excluding carboxylic acids is 1. The normalized spacial score (nSPS) is 13.8. The van der Waals surface area contributed by atoms with Crippen LogP contribution >= 0.6 is 7.82 Å². The number of nitrogens with one attached hydrogen (secondary N) is 1. The van der Waals surface area contributed by atoms with Gasteiger partial charge in [-0.1, -0.05) is 351 Å². The highest BCUT2D eigenvalue weighted by Gasteiger charge is 2.23. The molecule has 0 aliphatic carbocycles. The quantitative estimate of drug-likeness (QED) is 0.0272. The SMILES string of the molecule is CCCCCCCCCC/C=C\CCCCCCCCCCCCCCCCCCCCCCCCCCCCCC(=O)NC(COP(=O)([O-])OCC[N+](C)(C)C)C(O)/C=C/CC/C=C/CC/C=C/CCCCCCCCCCCCCCCC. The van der Waals surface area contributed by atoms with Crippen LogP contribution in [0.4, 0.5) is 0 Å². The van der Waals surface area contributed by atoms with E-state index in [1.165, 1.54) is 315 Å². The first-order chi connectivity index (χ1) is 41.5. The third-order valence-corrected chi connectivity index (χ3v) is 18.2. The molecule has 2 N–H and O–H groups in total. The molecule has 0 aliphatic rings. The summed E-state index contributed by atoms with van der Waals surface area (Å²) < 4.78 is 23.4. The Kier molecular flexibility index (Phi) is 65.7. The first-order valence-electron chi connectivity index (χ1n) is 37.5. The maximum absolute atomic E-state index is 13.0. The van der Waals surface area contributed by atoms with Gasteiger partial charge in [-0.3, -0.25) is 9.36 Å². The van der Waals surface area contributed by atoms with Gasteiger partial charge in [0.25, 0.3) is 7.82 Å². The number of phosphoric ester groups is 1. The largest absolute Gasteiger partial charge is 0.756 e. The number of nitrogens with zero attached hydrogens (tertiary/aromatic N) is 1. The van der Waals surface area contributed by atoms with E-state index in [2.05, 4.69) is 55.6 Å². The van der Waals surface area contributed by atoms with Gasteiger partial charge in [0.05, 0.1) is 39.9 Å². The lowest BCUT2D eigenvalue weighted by Gasteiger charge is -2.29. The molecule has 0 fully saturated rings. The number of amides is 1. The van der Waals surface area contributed by atoms with E-state index < -0.39 is 26.6 Å². The number of hydrogen-bond donors (Lipinski definition) is 2. The van der Waals surface area contributed by atoms with Crippen LogP contribution in [0.3, 0.4) is 0 Å². The zero-order chi connectivity index (χ0) is 61.9. The number of aliphatic hydroxyl groups excluding tert-OH is 1. The van der Waals surface area contributed by atoms with Gasteiger partial charge in [0.2, 0.25) is 5.91 Å². The molecule has 8 nitrogen and oxygen atoms in total. The number of unbranched alkanes of at least 4 members (excludes halogenated alkanes) is 51. The van der Waals surface area contributed by atoms with Gasteiger partial charge in [-0.25, -0.2) is 0 Å². The Morgan fingerprint density at radius 1 is 0.400 bits per heavy atom. The van der Waals surface area contributed by atoms with Crippen molar-refractivity contribution in [2.45, 2.75) is 392 Å². The molecule has 1 amide bonds. The van der Waals surface area contributed by atoms with Gasteiger partial charge in [-0.2, -0.15) is 0 Å². The molecule has 0 rings (SSSR count). The van der Waals surface area contributed by atoms with Gasteiger partial charge in [0.15, 0.2) is 0 Å². The second kappa shape index (κ2) is 66.9. The van der Waals surface area contributed by atoms with Gasteiger partial charge >= 0.3 is 0 Å². The van der Waals surface area contributed by atoms with Crippen molar-refractivity contribution < 1.29 is 32.9 Å². The Labute approximate surface area is 530 Å². The van der Waals surface area contributed by atoms with Crippen LogP contribution in [0.5, 0.6) is 0 Å². The fourth-order valence-electron chi connectivity index (χ4n) is 11.4. The van der Waals surface area contributed by atoms with E-state index in [0.29, 0.717) is 17.4 Å². The number of rotatable bonds is 70. The maximum atomic E-state index is 13.0. The predicted molar refractivity (Wildman–Crippen MR) is 371 cm³/mol. The lowest BCUT2D eigenvalue weighted by molar-refractivity contribution is -0.870. The highest BCUT2D eigenvalue weighted by molar-refractivity contribution is 7.45. The average Bonchev–Trinajstić information content (AvgIpc) is 3.49. The number of aliphatic hydroxyl groups is 1. The summed E-state index contributed by atoms with van der Waals surface area (Å²) in [5, 5.41) is 13.9. The van der Waals surface area contributed by atoms with Crippen LogP contribution in [0.2, 0.25) is 0 Å². The predicted octanol–water partition coefficient (Wildman–Crippen LogP) is 23.5. The van der Waals surface area contributed by atoms with Crippen molar-refractivity contribution in [1.29, 1.82) is 0 Å². The zero-order valence-corrected chi connectivity index (χ0v) is 58.5. The van der Waals surface area contributed by atoms with E-state index >= 15 is 0 Å². The van der Waals surface area contributed by atoms with Gasteiger partial charge < -0.3 is 28.8 Å². The van der Waals surface area contributed by atoms with E-state index in [0.717, 1.165) is 44.9 Å². The van der Waals surface area contributed by atoms with Crippen molar-refractivity contribution in [1.82, 2.24) is 5.32 Å². The number of phosphoric acid groups is 1. The Morgan fingerprint density at radius 2 is 0.659 bits per heavy atom. The van der Waals surface area contributed by atoms with Crippen LogP contribution < -0.4 is 10.2 Å². The van der Waals surface area contributed by atoms with Crippen LogP contribution in [-0.2, 0) is 18.4 Å². The lowest BCUT2D eigenvalue weighted by Crippen LogP contribution is -2.45. The molecule has 9 heteroatoms. The van der Waals surface area contributed by atoms with Crippen molar-refractivity contribution in [3.05, 3.63) is 48.6 Å². The highest BCUT2D eigenvalue weighted by atomic mass is 31.2. The molecule has 0 spiro atoms. The van der Waals surface area contributed by atoms with E-state index in [4.69, 9.17) is 9.05 Å². The average molecular weight is 1220 g/mol. The molecule has 502 valence electrons. The molecule has 0 aliphatic heterocycles. The molecule has 0 radical (unpaired) electrons. The number of likely N-dealkylation sites (N-methyl/N-ethyl adjacent to an activating group) is 1. The van der Waals surface area contributed by atoms with Crippen molar-refractivity contribution >= 4 is 13.7 Å². The number of carbonyl (C=O) groups is 1. The van der Waals surface area contributed by atoms with Gasteiger partial charge in [0, 0.05) is 6.42 Å². The first-order valence-corrected chi connectivity index (χ1v) is 39.0. The lowest BCUT2D eigenvalue weighted by atomic mass is 10.0. The minimum Gasteiger partial charge on any atom is -0.756 e. The molecule has 3 unspecified atom stereocenters. The van der Waals surface area contributed by atoms with Crippen molar-refractivity contribution in [2.75, 3.05) is 40.9 Å². The van der Waals surface area contributed by atoms with Crippen LogP contribution in [0.15, 0.2) is 48.6 Å². The van der Waals surface area contributed by atoms with Crippen LogP contribution in [-0.4, -0.2) is 68.5 Å². The number of hydrogen-bond acceptors (Lipinski definition) is 6. The van der Waals surface area contributed by atoms with Gasteiger partial charge in [-0.15, -0.1) is 0 Å². The molecule has 0 aromatic carbocycles. The Bertz CT molecular complexity index is 1530. The summed E-state index contributed by atoms with van der Waals surface area (Å²) >= 11 is 0. The van der Waals surface area contributed by atoms with Gasteiger partial charge in [0.1, 0.15) is 13.2 Å². The molecule has 85 heavy (non-hydrogen) atoms. The highest BCUT2D eigenvalue weighted by Crippen LogP contribution is 2.38. The molecule has 0 heterocycles. The molecule has 0 saturated heterocycles. The molecule has 3 atom stereocenters. The smallest absolute Gasteiger partial charge is 0.268 e. The van der Waals surface area contributed by atoms with E-state index in [1.54, 1.807) is 6.08 Å². The molecular formula is C76H147N2O6P. The van der Waals surface area contributed by atoms with Crippen molar-refractivity contribution in [2.24, 2.45) is 0 Å². The monoisotopic (exact) mass is 1220 g/mol. The Hall–Kier alpha value is -1.54.